The van der Waals surface area contributed by atoms with Gasteiger partial charge in [0.25, 0.3) is 0 Å². The largest absolute Gasteiger partial charge is 0.353 e. The van der Waals surface area contributed by atoms with Crippen LogP contribution in [0.1, 0.15) is 12.5 Å². The highest BCUT2D eigenvalue weighted by Crippen LogP contribution is 2.17. The summed E-state index contributed by atoms with van der Waals surface area (Å²) >= 11 is 0. The van der Waals surface area contributed by atoms with Crippen LogP contribution in [-0.2, 0) is 0 Å². The predicted octanol–water partition coefficient (Wildman–Crippen LogP) is 0.751. The molecular formula is C11H14N4. The van der Waals surface area contributed by atoms with Crippen LogP contribution in [0.2, 0.25) is 0 Å². The molecule has 4 heteroatoms. The van der Waals surface area contributed by atoms with Crippen LogP contribution < -0.4 is 10.2 Å². The Labute approximate surface area is 89.5 Å². The van der Waals surface area contributed by atoms with Crippen LogP contribution in [-0.4, -0.2) is 30.7 Å². The lowest BCUT2D eigenvalue weighted by atomic mass is 10.2. The second-order valence-electron chi connectivity index (χ2n) is 3.79. The third-order valence-corrected chi connectivity index (χ3v) is 2.58. The van der Waals surface area contributed by atoms with Crippen molar-refractivity contribution in [1.29, 1.82) is 5.26 Å². The Morgan fingerprint density at radius 1 is 1.67 bits per heavy atom. The summed E-state index contributed by atoms with van der Waals surface area (Å²) in [5.74, 6) is 0.813. The second kappa shape index (κ2) is 4.28. The number of pyridine rings is 1. The van der Waals surface area contributed by atoms with Crippen molar-refractivity contribution in [2.24, 2.45) is 0 Å². The van der Waals surface area contributed by atoms with Crippen LogP contribution in [0, 0.1) is 11.3 Å². The first-order valence-corrected chi connectivity index (χ1v) is 5.14. The number of hydrogen-bond donors (Lipinski definition) is 1. The highest BCUT2D eigenvalue weighted by molar-refractivity contribution is 5.53. The monoisotopic (exact) mass is 202 g/mol. The van der Waals surface area contributed by atoms with Gasteiger partial charge in [-0.2, -0.15) is 5.26 Å². The molecule has 0 saturated carbocycles. The van der Waals surface area contributed by atoms with Crippen LogP contribution in [0.4, 0.5) is 5.82 Å². The van der Waals surface area contributed by atoms with E-state index in [1.165, 1.54) is 0 Å². The summed E-state index contributed by atoms with van der Waals surface area (Å²) < 4.78 is 0. The van der Waals surface area contributed by atoms with E-state index in [1.54, 1.807) is 12.3 Å². The zero-order valence-electron chi connectivity index (χ0n) is 8.77. The van der Waals surface area contributed by atoms with Gasteiger partial charge < -0.3 is 10.2 Å². The van der Waals surface area contributed by atoms with Crippen LogP contribution in [0.3, 0.4) is 0 Å². The minimum absolute atomic E-state index is 0.451. The van der Waals surface area contributed by atoms with Crippen LogP contribution >= 0.6 is 0 Å². The third kappa shape index (κ3) is 2.08. The van der Waals surface area contributed by atoms with Crippen molar-refractivity contribution < 1.29 is 0 Å². The van der Waals surface area contributed by atoms with Gasteiger partial charge in [-0.15, -0.1) is 0 Å². The van der Waals surface area contributed by atoms with Crippen molar-refractivity contribution in [2.45, 2.75) is 13.0 Å². The molecule has 0 aliphatic carbocycles. The van der Waals surface area contributed by atoms with Gasteiger partial charge in [0, 0.05) is 31.9 Å². The molecule has 0 spiro atoms. The Morgan fingerprint density at radius 3 is 3.27 bits per heavy atom. The summed E-state index contributed by atoms with van der Waals surface area (Å²) in [6.07, 6.45) is 1.74. The first-order valence-electron chi connectivity index (χ1n) is 5.14. The van der Waals surface area contributed by atoms with Crippen LogP contribution in [0.25, 0.3) is 0 Å². The van der Waals surface area contributed by atoms with E-state index in [2.05, 4.69) is 28.2 Å². The van der Waals surface area contributed by atoms with E-state index in [1.807, 2.05) is 6.07 Å². The zero-order valence-corrected chi connectivity index (χ0v) is 8.77. The van der Waals surface area contributed by atoms with E-state index in [0.717, 1.165) is 25.5 Å². The van der Waals surface area contributed by atoms with Crippen molar-refractivity contribution in [2.75, 3.05) is 24.5 Å². The minimum Gasteiger partial charge on any atom is -0.353 e. The number of hydrogen-bond acceptors (Lipinski definition) is 4. The topological polar surface area (TPSA) is 52.0 Å². The summed E-state index contributed by atoms with van der Waals surface area (Å²) in [6, 6.07) is 6.25. The van der Waals surface area contributed by atoms with Crippen molar-refractivity contribution >= 4 is 5.82 Å². The van der Waals surface area contributed by atoms with Crippen molar-refractivity contribution in [3.05, 3.63) is 23.9 Å². The Morgan fingerprint density at radius 2 is 2.53 bits per heavy atom. The fourth-order valence-electron chi connectivity index (χ4n) is 1.86. The highest BCUT2D eigenvalue weighted by Gasteiger charge is 2.18. The molecule has 4 nitrogen and oxygen atoms in total. The standard InChI is InChI=1S/C11H14N4/c1-9-8-15(6-5-13-9)11-10(7-12)3-2-4-14-11/h2-4,9,13H,5-6,8H2,1H3/t9-/m0/s1. The maximum Gasteiger partial charge on any atom is 0.146 e. The van der Waals surface area contributed by atoms with E-state index in [-0.39, 0.29) is 0 Å². The highest BCUT2D eigenvalue weighted by atomic mass is 15.2. The number of nitrogens with one attached hydrogen (secondary N) is 1. The molecule has 0 bridgehead atoms. The van der Waals surface area contributed by atoms with Gasteiger partial charge in [-0.25, -0.2) is 4.98 Å². The summed E-state index contributed by atoms with van der Waals surface area (Å²) in [7, 11) is 0. The Bertz CT molecular complexity index is 382. The average molecular weight is 202 g/mol. The van der Waals surface area contributed by atoms with E-state index >= 15 is 0 Å². The summed E-state index contributed by atoms with van der Waals surface area (Å²) in [4.78, 5) is 6.45. The van der Waals surface area contributed by atoms with Gasteiger partial charge in [0.15, 0.2) is 0 Å². The molecule has 78 valence electrons. The van der Waals surface area contributed by atoms with Gasteiger partial charge in [0.05, 0.1) is 5.56 Å². The molecule has 2 rings (SSSR count). The minimum atomic E-state index is 0.451. The average Bonchev–Trinajstić information content (AvgIpc) is 2.29. The van der Waals surface area contributed by atoms with E-state index in [0.29, 0.717) is 11.6 Å². The number of nitriles is 1. The SMILES string of the molecule is C[C@H]1CN(c2ncccc2C#N)CCN1. The molecular weight excluding hydrogens is 188 g/mol. The third-order valence-electron chi connectivity index (χ3n) is 2.58. The predicted molar refractivity (Wildman–Crippen MR) is 58.6 cm³/mol. The van der Waals surface area contributed by atoms with Gasteiger partial charge in [0.2, 0.25) is 0 Å². The molecule has 15 heavy (non-hydrogen) atoms. The molecule has 1 fully saturated rings. The maximum atomic E-state index is 8.98. The number of anilines is 1. The van der Waals surface area contributed by atoms with E-state index < -0.39 is 0 Å². The molecule has 1 N–H and O–H groups in total. The number of nitrogens with zero attached hydrogens (tertiary/aromatic N) is 3. The Balaban J connectivity index is 2.25. The lowest BCUT2D eigenvalue weighted by Crippen LogP contribution is -2.49. The van der Waals surface area contributed by atoms with E-state index in [4.69, 9.17) is 5.26 Å². The number of aromatic nitrogens is 1. The zero-order chi connectivity index (χ0) is 10.7. The second-order valence-corrected chi connectivity index (χ2v) is 3.79. The maximum absolute atomic E-state index is 8.98. The molecule has 0 unspecified atom stereocenters. The van der Waals surface area contributed by atoms with Gasteiger partial charge in [-0.05, 0) is 19.1 Å². The molecule has 1 aromatic heterocycles. The fourth-order valence-corrected chi connectivity index (χ4v) is 1.86. The lowest BCUT2D eigenvalue weighted by Gasteiger charge is -2.33. The van der Waals surface area contributed by atoms with Crippen LogP contribution in [0.15, 0.2) is 18.3 Å². The first-order chi connectivity index (χ1) is 7.31. The molecule has 1 aliphatic heterocycles. The lowest BCUT2D eigenvalue weighted by molar-refractivity contribution is 0.482. The van der Waals surface area contributed by atoms with Crippen molar-refractivity contribution in [3.8, 4) is 6.07 Å². The molecule has 0 radical (unpaired) electrons. The molecule has 1 saturated heterocycles. The van der Waals surface area contributed by atoms with Gasteiger partial charge in [-0.3, -0.25) is 0 Å². The van der Waals surface area contributed by atoms with Gasteiger partial charge in [0.1, 0.15) is 11.9 Å². The summed E-state index contributed by atoms with van der Waals surface area (Å²) in [6.45, 7) is 4.91. The molecule has 0 aromatic carbocycles. The molecule has 2 heterocycles. The molecule has 1 aliphatic rings. The van der Waals surface area contributed by atoms with Gasteiger partial charge >= 0.3 is 0 Å². The van der Waals surface area contributed by atoms with Crippen molar-refractivity contribution in [1.82, 2.24) is 10.3 Å². The van der Waals surface area contributed by atoms with Gasteiger partial charge in [-0.1, -0.05) is 0 Å². The normalized spacial score (nSPS) is 21.1. The Kier molecular flexibility index (Phi) is 2.84. The molecule has 0 amide bonds. The number of rotatable bonds is 1. The quantitative estimate of drug-likeness (QED) is 0.730. The smallest absolute Gasteiger partial charge is 0.146 e. The van der Waals surface area contributed by atoms with Crippen LogP contribution in [0.5, 0.6) is 0 Å². The Hall–Kier alpha value is -1.60. The summed E-state index contributed by atoms with van der Waals surface area (Å²) in [5.41, 5.74) is 0.659. The fraction of sp³-hybridized carbons (Fsp3) is 0.455. The first kappa shape index (κ1) is 9.94. The molecule has 1 aromatic rings. The van der Waals surface area contributed by atoms with E-state index in [9.17, 15) is 0 Å². The molecule has 1 atom stereocenters. The summed E-state index contributed by atoms with van der Waals surface area (Å²) in [5, 5.41) is 12.3. The van der Waals surface area contributed by atoms with Crippen molar-refractivity contribution in [3.63, 3.8) is 0 Å². The number of piperazine rings is 1.